The predicted molar refractivity (Wildman–Crippen MR) is 91.6 cm³/mol. The van der Waals surface area contributed by atoms with Crippen LogP contribution in [0.25, 0.3) is 0 Å². The number of anilines is 1. The lowest BCUT2D eigenvalue weighted by Crippen LogP contribution is -2.30. The Morgan fingerprint density at radius 1 is 1.30 bits per heavy atom. The molecule has 0 N–H and O–H groups in total. The monoisotopic (exact) mass is 305 g/mol. The van der Waals surface area contributed by atoms with Gasteiger partial charge in [0.2, 0.25) is 0 Å². The van der Waals surface area contributed by atoms with Crippen LogP contribution < -0.4 is 5.01 Å². The van der Waals surface area contributed by atoms with Gasteiger partial charge in [0.05, 0.1) is 23.9 Å². The van der Waals surface area contributed by atoms with Gasteiger partial charge < -0.3 is 0 Å². The molecule has 23 heavy (non-hydrogen) atoms. The molecule has 0 unspecified atom stereocenters. The van der Waals surface area contributed by atoms with Gasteiger partial charge in [-0.15, -0.1) is 10.2 Å². The van der Waals surface area contributed by atoms with E-state index in [0.29, 0.717) is 12.1 Å². The molecule has 1 aromatic heterocycles. The molecule has 0 fully saturated rings. The summed E-state index contributed by atoms with van der Waals surface area (Å²) < 4.78 is 1.82. The van der Waals surface area contributed by atoms with Gasteiger partial charge in [-0.25, -0.2) is 4.68 Å². The van der Waals surface area contributed by atoms with Crippen LogP contribution in [-0.4, -0.2) is 21.4 Å². The molecule has 0 spiro atoms. The molecule has 0 atom stereocenters. The average molecular weight is 305 g/mol. The molecule has 1 heterocycles. The second-order valence-electron chi connectivity index (χ2n) is 4.85. The van der Waals surface area contributed by atoms with E-state index >= 15 is 0 Å². The third kappa shape index (κ3) is 4.42. The molecule has 0 bridgehead atoms. The number of nitrogens with zero attached hydrogens (tertiary/aromatic N) is 5. The van der Waals surface area contributed by atoms with Crippen LogP contribution in [0.15, 0.2) is 73.4 Å². The highest BCUT2D eigenvalue weighted by Crippen LogP contribution is 2.18. The van der Waals surface area contributed by atoms with Crippen LogP contribution in [-0.2, 0) is 0 Å². The Bertz CT molecular complexity index is 718. The van der Waals surface area contributed by atoms with Crippen molar-refractivity contribution in [2.45, 2.75) is 13.3 Å². The first-order valence-corrected chi connectivity index (χ1v) is 7.39. The molecule has 5 nitrogen and oxygen atoms in total. The molecule has 0 aliphatic carbocycles. The van der Waals surface area contributed by atoms with Crippen molar-refractivity contribution in [1.29, 1.82) is 5.26 Å². The van der Waals surface area contributed by atoms with Crippen molar-refractivity contribution < 1.29 is 0 Å². The largest absolute Gasteiger partial charge is 0.274 e. The van der Waals surface area contributed by atoms with Crippen LogP contribution in [0.2, 0.25) is 0 Å². The highest BCUT2D eigenvalue weighted by molar-refractivity contribution is 5.51. The fourth-order valence-corrected chi connectivity index (χ4v) is 2.09. The molecular formula is C18H19N5. The number of rotatable bonds is 7. The maximum atomic E-state index is 8.95. The number of aromatic nitrogens is 3. The molecule has 0 amide bonds. The molecular weight excluding hydrogens is 286 g/mol. The van der Waals surface area contributed by atoms with Gasteiger partial charge in [-0.3, -0.25) is 5.01 Å². The molecule has 0 radical (unpaired) electrons. The van der Waals surface area contributed by atoms with Crippen LogP contribution in [0.3, 0.4) is 0 Å². The molecule has 0 saturated heterocycles. The molecule has 5 heteroatoms. The summed E-state index contributed by atoms with van der Waals surface area (Å²) in [4.78, 5) is 0. The number of hydrogen-bond acceptors (Lipinski definition) is 4. The van der Waals surface area contributed by atoms with Crippen LogP contribution in [0.1, 0.15) is 18.9 Å². The molecule has 2 aromatic rings. The summed E-state index contributed by atoms with van der Waals surface area (Å²) in [7, 11) is 0. The van der Waals surface area contributed by atoms with E-state index in [4.69, 9.17) is 5.26 Å². The Kier molecular flexibility index (Phi) is 5.89. The van der Waals surface area contributed by atoms with E-state index in [1.807, 2.05) is 27.9 Å². The van der Waals surface area contributed by atoms with E-state index in [-0.39, 0.29) is 0 Å². The maximum absolute atomic E-state index is 8.95. The minimum absolute atomic E-state index is 0.630. The van der Waals surface area contributed by atoms with Crippen molar-refractivity contribution in [3.05, 3.63) is 78.9 Å². The van der Waals surface area contributed by atoms with E-state index in [1.165, 1.54) is 0 Å². The zero-order valence-corrected chi connectivity index (χ0v) is 13.1. The van der Waals surface area contributed by atoms with E-state index in [0.717, 1.165) is 17.7 Å². The predicted octanol–water partition coefficient (Wildman–Crippen LogP) is 3.50. The number of benzene rings is 1. The Balaban J connectivity index is 2.34. The van der Waals surface area contributed by atoms with E-state index in [2.05, 4.69) is 41.9 Å². The summed E-state index contributed by atoms with van der Waals surface area (Å²) >= 11 is 0. The Morgan fingerprint density at radius 3 is 2.57 bits per heavy atom. The highest BCUT2D eigenvalue weighted by atomic mass is 15.6. The van der Waals surface area contributed by atoms with E-state index in [1.54, 1.807) is 30.9 Å². The lowest BCUT2D eigenvalue weighted by molar-refractivity contribution is 0.723. The Morgan fingerprint density at radius 2 is 2.00 bits per heavy atom. The standard InChI is InChI=1S/C18H19N5/c1-3-5-7-17(6-4-2)13-23(22-14-20-21-15-22)18-10-8-16(12-19)9-11-18/h4-11,14-15H,2-3,13H2,1H3/b7-5-,17-6+. The first kappa shape index (κ1) is 16.2. The van der Waals surface area contributed by atoms with Crippen molar-refractivity contribution >= 4 is 5.69 Å². The molecule has 0 aliphatic heterocycles. The van der Waals surface area contributed by atoms with Gasteiger partial charge in [-0.1, -0.05) is 37.8 Å². The number of nitriles is 1. The zero-order chi connectivity index (χ0) is 16.5. The minimum Gasteiger partial charge on any atom is -0.274 e. The van der Waals surface area contributed by atoms with Crippen molar-refractivity contribution in [2.75, 3.05) is 11.6 Å². The third-order valence-electron chi connectivity index (χ3n) is 3.21. The van der Waals surface area contributed by atoms with Crippen molar-refractivity contribution in [1.82, 2.24) is 14.9 Å². The second-order valence-corrected chi connectivity index (χ2v) is 4.85. The van der Waals surface area contributed by atoms with E-state index < -0.39 is 0 Å². The summed E-state index contributed by atoms with van der Waals surface area (Å²) in [5.74, 6) is 0. The van der Waals surface area contributed by atoms with Gasteiger partial charge in [0, 0.05) is 0 Å². The van der Waals surface area contributed by atoms with Gasteiger partial charge in [-0.2, -0.15) is 5.26 Å². The van der Waals surface area contributed by atoms with E-state index in [9.17, 15) is 0 Å². The lowest BCUT2D eigenvalue weighted by Gasteiger charge is -2.25. The molecule has 0 aliphatic rings. The number of hydrogen-bond donors (Lipinski definition) is 0. The van der Waals surface area contributed by atoms with Gasteiger partial charge in [0.25, 0.3) is 0 Å². The fourth-order valence-electron chi connectivity index (χ4n) is 2.09. The Hall–Kier alpha value is -3.13. The van der Waals surface area contributed by atoms with Gasteiger partial charge >= 0.3 is 0 Å². The summed E-state index contributed by atoms with van der Waals surface area (Å²) in [6, 6.07) is 9.55. The maximum Gasteiger partial charge on any atom is 0.139 e. The fraction of sp³-hybridized carbons (Fsp3) is 0.167. The van der Waals surface area contributed by atoms with Crippen LogP contribution in [0, 0.1) is 11.3 Å². The van der Waals surface area contributed by atoms with Crippen molar-refractivity contribution in [3.8, 4) is 6.07 Å². The molecule has 1 aromatic carbocycles. The third-order valence-corrected chi connectivity index (χ3v) is 3.21. The summed E-state index contributed by atoms with van der Waals surface area (Å²) in [6.45, 7) is 6.51. The zero-order valence-electron chi connectivity index (χ0n) is 13.1. The number of allylic oxidation sites excluding steroid dienone is 3. The first-order chi connectivity index (χ1) is 11.3. The first-order valence-electron chi connectivity index (χ1n) is 7.39. The Labute approximate surface area is 136 Å². The van der Waals surface area contributed by atoms with Crippen LogP contribution >= 0.6 is 0 Å². The summed E-state index contributed by atoms with van der Waals surface area (Å²) in [6.07, 6.45) is 12.2. The smallest absolute Gasteiger partial charge is 0.139 e. The van der Waals surface area contributed by atoms with Gasteiger partial charge in [0.1, 0.15) is 12.7 Å². The second kappa shape index (κ2) is 8.35. The van der Waals surface area contributed by atoms with Crippen LogP contribution in [0.5, 0.6) is 0 Å². The molecule has 0 saturated carbocycles. The molecule has 2 rings (SSSR count). The van der Waals surface area contributed by atoms with Crippen molar-refractivity contribution in [3.63, 3.8) is 0 Å². The lowest BCUT2D eigenvalue weighted by atomic mass is 10.1. The quantitative estimate of drug-likeness (QED) is 0.735. The van der Waals surface area contributed by atoms with Gasteiger partial charge in [-0.05, 0) is 36.3 Å². The summed E-state index contributed by atoms with van der Waals surface area (Å²) in [5.41, 5.74) is 2.69. The summed E-state index contributed by atoms with van der Waals surface area (Å²) in [5, 5.41) is 18.7. The average Bonchev–Trinajstić information content (AvgIpc) is 3.12. The normalized spacial score (nSPS) is 11.4. The molecule has 116 valence electrons. The van der Waals surface area contributed by atoms with Gasteiger partial charge in [0.15, 0.2) is 0 Å². The highest BCUT2D eigenvalue weighted by Gasteiger charge is 2.10. The SMILES string of the molecule is C=C/C=C(\C=C/CC)CN(c1ccc(C#N)cc1)n1cnnc1. The van der Waals surface area contributed by atoms with Crippen molar-refractivity contribution in [2.24, 2.45) is 0 Å². The van der Waals surface area contributed by atoms with Crippen LogP contribution in [0.4, 0.5) is 5.69 Å². The topological polar surface area (TPSA) is 57.7 Å². The minimum atomic E-state index is 0.630.